The SMILES string of the molecule is CC(C)(CO)CCCNC(=O)c1c[nH]c2ccc([N+](=O)[O-])cc12. The fourth-order valence-corrected chi connectivity index (χ4v) is 2.35. The smallest absolute Gasteiger partial charge is 0.270 e. The Hall–Kier alpha value is -2.41. The number of carbonyl (C=O) groups excluding carboxylic acids is 1. The molecule has 2 aromatic rings. The van der Waals surface area contributed by atoms with Crippen LogP contribution < -0.4 is 5.32 Å². The standard InChI is InChI=1S/C16H21N3O4/c1-16(2,10-20)6-3-7-17-15(21)13-9-18-14-5-4-11(19(22)23)8-12(13)14/h4-5,8-9,18,20H,3,6-7,10H2,1-2H3,(H,17,21). The van der Waals surface area contributed by atoms with Gasteiger partial charge in [0.25, 0.3) is 11.6 Å². The van der Waals surface area contributed by atoms with Crippen molar-refractivity contribution in [2.45, 2.75) is 26.7 Å². The number of aromatic nitrogens is 1. The highest BCUT2D eigenvalue weighted by atomic mass is 16.6. The molecular weight excluding hydrogens is 298 g/mol. The monoisotopic (exact) mass is 319 g/mol. The van der Waals surface area contributed by atoms with E-state index in [1.165, 1.54) is 12.1 Å². The molecule has 1 heterocycles. The minimum Gasteiger partial charge on any atom is -0.396 e. The van der Waals surface area contributed by atoms with Gasteiger partial charge in [0.1, 0.15) is 0 Å². The first kappa shape index (κ1) is 17.0. The van der Waals surface area contributed by atoms with Crippen molar-refractivity contribution < 1.29 is 14.8 Å². The molecule has 0 spiro atoms. The molecule has 0 aliphatic heterocycles. The molecule has 0 saturated heterocycles. The number of benzene rings is 1. The second-order valence-electron chi connectivity index (χ2n) is 6.37. The third-order valence-electron chi connectivity index (χ3n) is 3.86. The van der Waals surface area contributed by atoms with Gasteiger partial charge in [0.15, 0.2) is 0 Å². The number of fused-ring (bicyclic) bond motifs is 1. The van der Waals surface area contributed by atoms with Crippen molar-refractivity contribution in [2.24, 2.45) is 5.41 Å². The molecule has 23 heavy (non-hydrogen) atoms. The highest BCUT2D eigenvalue weighted by Gasteiger charge is 2.17. The largest absolute Gasteiger partial charge is 0.396 e. The summed E-state index contributed by atoms with van der Waals surface area (Å²) in [6.07, 6.45) is 3.10. The maximum absolute atomic E-state index is 12.2. The number of hydrogen-bond donors (Lipinski definition) is 3. The maximum atomic E-state index is 12.2. The number of nitrogens with zero attached hydrogens (tertiary/aromatic N) is 1. The Kier molecular flexibility index (Phi) is 5.00. The van der Waals surface area contributed by atoms with Crippen molar-refractivity contribution in [1.82, 2.24) is 10.3 Å². The minimum absolute atomic E-state index is 0.0455. The predicted octanol–water partition coefficient (Wildman–Crippen LogP) is 2.60. The van der Waals surface area contributed by atoms with Gasteiger partial charge in [-0.1, -0.05) is 13.8 Å². The third-order valence-corrected chi connectivity index (χ3v) is 3.86. The van der Waals surface area contributed by atoms with Crippen LogP contribution in [0.25, 0.3) is 10.9 Å². The highest BCUT2D eigenvalue weighted by molar-refractivity contribution is 6.07. The first-order chi connectivity index (χ1) is 10.8. The van der Waals surface area contributed by atoms with Crippen molar-refractivity contribution in [1.29, 1.82) is 0 Å². The minimum atomic E-state index is -0.481. The van der Waals surface area contributed by atoms with Crippen LogP contribution in [0, 0.1) is 15.5 Å². The van der Waals surface area contributed by atoms with Gasteiger partial charge in [0, 0.05) is 42.4 Å². The summed E-state index contributed by atoms with van der Waals surface area (Å²) >= 11 is 0. The number of H-pyrrole nitrogens is 1. The van der Waals surface area contributed by atoms with Crippen LogP contribution in [0.5, 0.6) is 0 Å². The van der Waals surface area contributed by atoms with E-state index < -0.39 is 4.92 Å². The molecule has 1 aromatic heterocycles. The summed E-state index contributed by atoms with van der Waals surface area (Å²) in [5, 5.41) is 23.4. The number of aliphatic hydroxyl groups is 1. The van der Waals surface area contributed by atoms with Gasteiger partial charge < -0.3 is 15.4 Å². The van der Waals surface area contributed by atoms with Gasteiger partial charge >= 0.3 is 0 Å². The molecule has 0 bridgehead atoms. The van der Waals surface area contributed by atoms with Crippen LogP contribution in [-0.4, -0.2) is 34.1 Å². The quantitative estimate of drug-likeness (QED) is 0.414. The molecule has 3 N–H and O–H groups in total. The van der Waals surface area contributed by atoms with Gasteiger partial charge in [0.05, 0.1) is 10.5 Å². The molecule has 7 nitrogen and oxygen atoms in total. The predicted molar refractivity (Wildman–Crippen MR) is 87.4 cm³/mol. The number of non-ortho nitro benzene ring substituents is 1. The zero-order valence-corrected chi connectivity index (χ0v) is 13.3. The molecule has 7 heteroatoms. The summed E-state index contributed by atoms with van der Waals surface area (Å²) in [5.41, 5.74) is 0.870. The summed E-state index contributed by atoms with van der Waals surface area (Å²) in [5.74, 6) is -0.265. The first-order valence-corrected chi connectivity index (χ1v) is 7.49. The molecule has 1 aromatic carbocycles. The molecule has 2 rings (SSSR count). The molecule has 0 aliphatic rings. The van der Waals surface area contributed by atoms with Crippen LogP contribution in [-0.2, 0) is 0 Å². The number of rotatable bonds is 7. The van der Waals surface area contributed by atoms with Crippen molar-refractivity contribution in [3.05, 3.63) is 40.1 Å². The Bertz CT molecular complexity index is 721. The molecule has 0 unspecified atom stereocenters. The van der Waals surface area contributed by atoms with Gasteiger partial charge in [-0.3, -0.25) is 14.9 Å². The lowest BCUT2D eigenvalue weighted by molar-refractivity contribution is -0.384. The van der Waals surface area contributed by atoms with Gasteiger partial charge in [0.2, 0.25) is 0 Å². The van der Waals surface area contributed by atoms with E-state index in [0.717, 1.165) is 12.8 Å². The Morgan fingerprint density at radius 3 is 2.83 bits per heavy atom. The van der Waals surface area contributed by atoms with Crippen molar-refractivity contribution in [2.75, 3.05) is 13.2 Å². The zero-order chi connectivity index (χ0) is 17.0. The molecule has 124 valence electrons. The molecular formula is C16H21N3O4. The average molecular weight is 319 g/mol. The van der Waals surface area contributed by atoms with Crippen LogP contribution in [0.1, 0.15) is 37.0 Å². The summed E-state index contributed by atoms with van der Waals surface area (Å²) < 4.78 is 0. The molecule has 0 atom stereocenters. The summed E-state index contributed by atoms with van der Waals surface area (Å²) in [7, 11) is 0. The third kappa shape index (κ3) is 4.07. The van der Waals surface area contributed by atoms with Crippen LogP contribution in [0.3, 0.4) is 0 Å². The first-order valence-electron chi connectivity index (χ1n) is 7.49. The topological polar surface area (TPSA) is 108 Å². The fourth-order valence-electron chi connectivity index (χ4n) is 2.35. The van der Waals surface area contributed by atoms with E-state index in [9.17, 15) is 20.0 Å². The lowest BCUT2D eigenvalue weighted by Gasteiger charge is -2.21. The Morgan fingerprint density at radius 2 is 2.17 bits per heavy atom. The van der Waals surface area contributed by atoms with E-state index in [-0.39, 0.29) is 23.6 Å². The summed E-state index contributed by atoms with van der Waals surface area (Å²) in [6, 6.07) is 4.39. The maximum Gasteiger partial charge on any atom is 0.270 e. The van der Waals surface area contributed by atoms with Crippen LogP contribution >= 0.6 is 0 Å². The van der Waals surface area contributed by atoms with Crippen LogP contribution in [0.2, 0.25) is 0 Å². The van der Waals surface area contributed by atoms with Crippen LogP contribution in [0.15, 0.2) is 24.4 Å². The second-order valence-corrected chi connectivity index (χ2v) is 6.37. The van der Waals surface area contributed by atoms with Gasteiger partial charge in [-0.15, -0.1) is 0 Å². The van der Waals surface area contributed by atoms with Crippen LogP contribution in [0.4, 0.5) is 5.69 Å². The molecule has 0 aliphatic carbocycles. The Balaban J connectivity index is 2.03. The second kappa shape index (κ2) is 6.78. The van der Waals surface area contributed by atoms with E-state index in [2.05, 4.69) is 10.3 Å². The number of nitrogens with one attached hydrogen (secondary N) is 2. The lowest BCUT2D eigenvalue weighted by atomic mass is 9.89. The number of nitro groups is 1. The number of aliphatic hydroxyl groups excluding tert-OH is 1. The van der Waals surface area contributed by atoms with E-state index in [1.807, 2.05) is 13.8 Å². The number of nitro benzene ring substituents is 1. The van der Waals surface area contributed by atoms with Gasteiger partial charge in [-0.2, -0.15) is 0 Å². The van der Waals surface area contributed by atoms with Crippen molar-refractivity contribution in [3.63, 3.8) is 0 Å². The number of amides is 1. The summed E-state index contributed by atoms with van der Waals surface area (Å²) in [6.45, 7) is 4.53. The van der Waals surface area contributed by atoms with E-state index in [4.69, 9.17) is 0 Å². The zero-order valence-electron chi connectivity index (χ0n) is 13.3. The Morgan fingerprint density at radius 1 is 1.43 bits per heavy atom. The van der Waals surface area contributed by atoms with E-state index >= 15 is 0 Å². The number of aromatic amines is 1. The number of hydrogen-bond acceptors (Lipinski definition) is 4. The Labute approximate surface area is 133 Å². The molecule has 0 saturated carbocycles. The summed E-state index contributed by atoms with van der Waals surface area (Å²) in [4.78, 5) is 25.6. The normalized spacial score (nSPS) is 11.6. The van der Waals surface area contributed by atoms with Gasteiger partial charge in [-0.25, -0.2) is 0 Å². The number of carbonyl (C=O) groups is 1. The fraction of sp³-hybridized carbons (Fsp3) is 0.438. The highest BCUT2D eigenvalue weighted by Crippen LogP contribution is 2.24. The lowest BCUT2D eigenvalue weighted by Crippen LogP contribution is -2.26. The molecule has 1 amide bonds. The van der Waals surface area contributed by atoms with Gasteiger partial charge in [-0.05, 0) is 24.3 Å². The molecule has 0 radical (unpaired) electrons. The van der Waals surface area contributed by atoms with E-state index in [1.54, 1.807) is 12.3 Å². The van der Waals surface area contributed by atoms with Crippen molar-refractivity contribution >= 4 is 22.5 Å². The average Bonchev–Trinajstić information content (AvgIpc) is 2.94. The molecule has 0 fully saturated rings. The van der Waals surface area contributed by atoms with Crippen molar-refractivity contribution in [3.8, 4) is 0 Å². The van der Waals surface area contributed by atoms with E-state index in [0.29, 0.717) is 23.0 Å².